The minimum absolute atomic E-state index is 0.0818. The number of carbonyl (C=O) groups excluding carboxylic acids is 1. The molecule has 1 saturated heterocycles. The van der Waals surface area contributed by atoms with Crippen LogP contribution in [-0.2, 0) is 11.3 Å². The van der Waals surface area contributed by atoms with Gasteiger partial charge in [-0.25, -0.2) is 0 Å². The third kappa shape index (κ3) is 3.55. The molecule has 1 aliphatic heterocycles. The monoisotopic (exact) mass is 263 g/mol. The van der Waals surface area contributed by atoms with Crippen molar-refractivity contribution in [1.29, 1.82) is 0 Å². The molecule has 1 aromatic carbocycles. The Labute approximate surface area is 114 Å². The van der Waals surface area contributed by atoms with Crippen molar-refractivity contribution in [3.63, 3.8) is 0 Å². The highest BCUT2D eigenvalue weighted by Crippen LogP contribution is 2.21. The zero-order chi connectivity index (χ0) is 13.7. The standard InChI is InChI=1S/C15H21NO3/c1-19-11-13-3-2-4-14(9-13)15(18)16-7-5-12(10-16)6-8-17/h2-4,9,12,17H,5-8,10-11H2,1H3. The molecule has 0 aliphatic carbocycles. The number of carbonyl (C=O) groups is 1. The molecule has 1 unspecified atom stereocenters. The van der Waals surface area contributed by atoms with Gasteiger partial charge in [-0.2, -0.15) is 0 Å². The summed E-state index contributed by atoms with van der Waals surface area (Å²) in [5.41, 5.74) is 1.73. The number of ether oxygens (including phenoxy) is 1. The van der Waals surface area contributed by atoms with Gasteiger partial charge in [0.1, 0.15) is 0 Å². The van der Waals surface area contributed by atoms with Crippen LogP contribution in [0.1, 0.15) is 28.8 Å². The van der Waals surface area contributed by atoms with Crippen LogP contribution in [0, 0.1) is 5.92 Å². The fourth-order valence-electron chi connectivity index (χ4n) is 2.58. The van der Waals surface area contributed by atoms with Gasteiger partial charge < -0.3 is 14.7 Å². The minimum atomic E-state index is 0.0818. The third-order valence-corrected chi connectivity index (χ3v) is 3.60. The Kier molecular flexibility index (Phi) is 4.93. The fraction of sp³-hybridized carbons (Fsp3) is 0.533. The van der Waals surface area contributed by atoms with Crippen LogP contribution in [0.3, 0.4) is 0 Å². The van der Waals surface area contributed by atoms with E-state index in [1.165, 1.54) is 0 Å². The average molecular weight is 263 g/mol. The van der Waals surface area contributed by atoms with E-state index in [2.05, 4.69) is 0 Å². The van der Waals surface area contributed by atoms with Gasteiger partial charge in [0, 0.05) is 32.4 Å². The maximum Gasteiger partial charge on any atom is 0.253 e. The molecular weight excluding hydrogens is 242 g/mol. The second-order valence-corrected chi connectivity index (χ2v) is 5.05. The largest absolute Gasteiger partial charge is 0.396 e. The van der Waals surface area contributed by atoms with E-state index >= 15 is 0 Å². The van der Waals surface area contributed by atoms with Crippen LogP contribution >= 0.6 is 0 Å². The van der Waals surface area contributed by atoms with Crippen LogP contribution in [-0.4, -0.2) is 42.7 Å². The number of benzene rings is 1. The van der Waals surface area contributed by atoms with E-state index in [-0.39, 0.29) is 12.5 Å². The van der Waals surface area contributed by atoms with Crippen LogP contribution in [0.5, 0.6) is 0 Å². The maximum atomic E-state index is 12.4. The van der Waals surface area contributed by atoms with Gasteiger partial charge in [-0.3, -0.25) is 4.79 Å². The van der Waals surface area contributed by atoms with Gasteiger partial charge in [-0.15, -0.1) is 0 Å². The van der Waals surface area contributed by atoms with E-state index in [0.29, 0.717) is 12.5 Å². The lowest BCUT2D eigenvalue weighted by molar-refractivity contribution is 0.0784. The Morgan fingerprint density at radius 2 is 2.37 bits per heavy atom. The van der Waals surface area contributed by atoms with Crippen molar-refractivity contribution in [2.24, 2.45) is 5.92 Å². The number of likely N-dealkylation sites (tertiary alicyclic amines) is 1. The van der Waals surface area contributed by atoms with Gasteiger partial charge in [-0.05, 0) is 36.5 Å². The Balaban J connectivity index is 2.01. The van der Waals surface area contributed by atoms with Gasteiger partial charge in [-0.1, -0.05) is 12.1 Å². The summed E-state index contributed by atoms with van der Waals surface area (Å²) >= 11 is 0. The second-order valence-electron chi connectivity index (χ2n) is 5.05. The molecule has 1 heterocycles. The molecule has 0 saturated carbocycles. The van der Waals surface area contributed by atoms with Crippen molar-refractivity contribution in [3.8, 4) is 0 Å². The van der Waals surface area contributed by atoms with E-state index in [9.17, 15) is 4.79 Å². The zero-order valence-electron chi connectivity index (χ0n) is 11.3. The number of hydrogen-bond donors (Lipinski definition) is 1. The summed E-state index contributed by atoms with van der Waals surface area (Å²) in [7, 11) is 1.65. The second kappa shape index (κ2) is 6.68. The van der Waals surface area contributed by atoms with Crippen LogP contribution in [0.15, 0.2) is 24.3 Å². The number of aliphatic hydroxyl groups is 1. The van der Waals surface area contributed by atoms with Crippen molar-refractivity contribution in [1.82, 2.24) is 4.90 Å². The van der Waals surface area contributed by atoms with Crippen molar-refractivity contribution in [2.45, 2.75) is 19.4 Å². The van der Waals surface area contributed by atoms with E-state index in [1.54, 1.807) is 7.11 Å². The molecule has 1 N–H and O–H groups in total. The number of amides is 1. The predicted molar refractivity (Wildman–Crippen MR) is 72.9 cm³/mol. The van der Waals surface area contributed by atoms with E-state index in [4.69, 9.17) is 9.84 Å². The lowest BCUT2D eigenvalue weighted by atomic mass is 10.1. The van der Waals surface area contributed by atoms with Crippen molar-refractivity contribution in [2.75, 3.05) is 26.8 Å². The molecule has 4 nitrogen and oxygen atoms in total. The Bertz CT molecular complexity index is 433. The topological polar surface area (TPSA) is 49.8 Å². The summed E-state index contributed by atoms with van der Waals surface area (Å²) < 4.78 is 5.08. The van der Waals surface area contributed by atoms with Gasteiger partial charge in [0.25, 0.3) is 5.91 Å². The number of aliphatic hydroxyl groups excluding tert-OH is 1. The molecule has 19 heavy (non-hydrogen) atoms. The smallest absolute Gasteiger partial charge is 0.253 e. The van der Waals surface area contributed by atoms with E-state index < -0.39 is 0 Å². The molecule has 1 amide bonds. The van der Waals surface area contributed by atoms with E-state index in [1.807, 2.05) is 29.2 Å². The quantitative estimate of drug-likeness (QED) is 0.879. The maximum absolute atomic E-state index is 12.4. The average Bonchev–Trinajstić information content (AvgIpc) is 2.88. The molecule has 104 valence electrons. The fourth-order valence-corrected chi connectivity index (χ4v) is 2.58. The molecule has 1 aliphatic rings. The lowest BCUT2D eigenvalue weighted by Crippen LogP contribution is -2.28. The molecule has 0 bridgehead atoms. The van der Waals surface area contributed by atoms with Crippen molar-refractivity contribution in [3.05, 3.63) is 35.4 Å². The Hall–Kier alpha value is -1.39. The highest BCUT2D eigenvalue weighted by Gasteiger charge is 2.26. The van der Waals surface area contributed by atoms with Gasteiger partial charge in [0.05, 0.1) is 6.61 Å². The van der Waals surface area contributed by atoms with Crippen LogP contribution < -0.4 is 0 Å². The number of nitrogens with zero attached hydrogens (tertiary/aromatic N) is 1. The molecule has 1 atom stereocenters. The van der Waals surface area contributed by atoms with Gasteiger partial charge in [0.2, 0.25) is 0 Å². The summed E-state index contributed by atoms with van der Waals surface area (Å²) in [6, 6.07) is 7.59. The SMILES string of the molecule is COCc1cccc(C(=O)N2CCC(CCO)C2)c1. The van der Waals surface area contributed by atoms with Crippen molar-refractivity contribution >= 4 is 5.91 Å². The first-order valence-electron chi connectivity index (χ1n) is 6.72. The highest BCUT2D eigenvalue weighted by atomic mass is 16.5. The number of rotatable bonds is 5. The molecule has 4 heteroatoms. The summed E-state index contributed by atoms with van der Waals surface area (Å²) in [6.45, 7) is 2.27. The molecule has 1 aromatic rings. The molecule has 0 radical (unpaired) electrons. The first kappa shape index (κ1) is 14.0. The Morgan fingerprint density at radius 3 is 3.11 bits per heavy atom. The van der Waals surface area contributed by atoms with Crippen LogP contribution in [0.2, 0.25) is 0 Å². The summed E-state index contributed by atoms with van der Waals surface area (Å²) in [4.78, 5) is 14.3. The number of methoxy groups -OCH3 is 1. The third-order valence-electron chi connectivity index (χ3n) is 3.60. The zero-order valence-corrected chi connectivity index (χ0v) is 11.3. The first-order valence-corrected chi connectivity index (χ1v) is 6.72. The summed E-state index contributed by atoms with van der Waals surface area (Å²) in [5, 5.41) is 8.95. The van der Waals surface area contributed by atoms with Crippen molar-refractivity contribution < 1.29 is 14.6 Å². The lowest BCUT2D eigenvalue weighted by Gasteiger charge is -2.17. The predicted octanol–water partition coefficient (Wildman–Crippen LogP) is 1.68. The van der Waals surface area contributed by atoms with E-state index in [0.717, 1.165) is 37.1 Å². The Morgan fingerprint density at radius 1 is 1.53 bits per heavy atom. The highest BCUT2D eigenvalue weighted by molar-refractivity contribution is 5.94. The normalized spacial score (nSPS) is 18.8. The summed E-state index contributed by atoms with van der Waals surface area (Å²) in [5.74, 6) is 0.523. The van der Waals surface area contributed by atoms with Gasteiger partial charge in [0.15, 0.2) is 0 Å². The minimum Gasteiger partial charge on any atom is -0.396 e. The summed E-state index contributed by atoms with van der Waals surface area (Å²) in [6.07, 6.45) is 1.78. The van der Waals surface area contributed by atoms with Crippen LogP contribution in [0.25, 0.3) is 0 Å². The first-order chi connectivity index (χ1) is 9.24. The molecule has 1 fully saturated rings. The molecule has 2 rings (SSSR count). The molecule has 0 aromatic heterocycles. The molecular formula is C15H21NO3. The molecule has 0 spiro atoms. The van der Waals surface area contributed by atoms with Gasteiger partial charge >= 0.3 is 0 Å². The number of hydrogen-bond acceptors (Lipinski definition) is 3. The van der Waals surface area contributed by atoms with Crippen LogP contribution in [0.4, 0.5) is 0 Å².